The van der Waals surface area contributed by atoms with Crippen molar-refractivity contribution in [3.8, 4) is 0 Å². The molecule has 3 nitrogen and oxygen atoms in total. The van der Waals surface area contributed by atoms with E-state index in [1.165, 1.54) is 7.11 Å². The number of methoxy groups -OCH3 is 1. The monoisotopic (exact) mass is 215 g/mol. The molecule has 82 valence electrons. The molecule has 1 aromatic carbocycles. The molecule has 0 saturated heterocycles. The van der Waals surface area contributed by atoms with Crippen LogP contribution >= 0.6 is 0 Å². The maximum absolute atomic E-state index is 11.4. The predicted molar refractivity (Wildman–Crippen MR) is 61.3 cm³/mol. The summed E-state index contributed by atoms with van der Waals surface area (Å²) in [5.74, 6) is -0.305. The largest absolute Gasteiger partial charge is 0.464 e. The maximum Gasteiger partial charge on any atom is 0.354 e. The highest BCUT2D eigenvalue weighted by Gasteiger charge is 2.10. The van der Waals surface area contributed by atoms with E-state index in [0.29, 0.717) is 12.2 Å². The number of nitrogens with zero attached hydrogens (tertiary/aromatic N) is 1. The van der Waals surface area contributed by atoms with E-state index in [0.717, 1.165) is 5.56 Å². The molecule has 0 unspecified atom stereocenters. The van der Waals surface area contributed by atoms with Gasteiger partial charge in [0.05, 0.1) is 7.11 Å². The number of benzene rings is 1. The Morgan fingerprint density at radius 1 is 1.19 bits per heavy atom. The highest BCUT2D eigenvalue weighted by molar-refractivity contribution is 5.87. The van der Waals surface area contributed by atoms with Gasteiger partial charge in [-0.15, -0.1) is 0 Å². The minimum Gasteiger partial charge on any atom is -0.464 e. The van der Waals surface area contributed by atoms with Crippen LogP contribution in [0.4, 0.5) is 0 Å². The molecule has 0 bridgehead atoms. The van der Waals surface area contributed by atoms with Crippen molar-refractivity contribution in [2.45, 2.75) is 6.54 Å². The lowest BCUT2D eigenvalue weighted by atomic mass is 10.2. The van der Waals surface area contributed by atoms with Gasteiger partial charge >= 0.3 is 5.97 Å². The van der Waals surface area contributed by atoms with E-state index in [1.807, 2.05) is 47.2 Å². The SMILES string of the molecule is COC(=O)c1cccn1Cc1ccccc1. The highest BCUT2D eigenvalue weighted by atomic mass is 16.5. The number of aromatic nitrogens is 1. The molecular formula is C13H13NO2. The van der Waals surface area contributed by atoms with Crippen LogP contribution in [0.1, 0.15) is 16.1 Å². The Balaban J connectivity index is 2.22. The summed E-state index contributed by atoms with van der Waals surface area (Å²) in [6.07, 6.45) is 1.87. The Morgan fingerprint density at radius 3 is 2.62 bits per heavy atom. The average Bonchev–Trinajstić information content (AvgIpc) is 2.77. The van der Waals surface area contributed by atoms with Crippen molar-refractivity contribution < 1.29 is 9.53 Å². The van der Waals surface area contributed by atoms with Gasteiger partial charge in [0.25, 0.3) is 0 Å². The first kappa shape index (κ1) is 10.5. The van der Waals surface area contributed by atoms with Crippen molar-refractivity contribution in [2.75, 3.05) is 7.11 Å². The van der Waals surface area contributed by atoms with Gasteiger partial charge in [-0.05, 0) is 17.7 Å². The lowest BCUT2D eigenvalue weighted by Gasteiger charge is -2.07. The lowest BCUT2D eigenvalue weighted by Crippen LogP contribution is -2.10. The zero-order chi connectivity index (χ0) is 11.4. The molecule has 1 heterocycles. The van der Waals surface area contributed by atoms with Gasteiger partial charge in [0, 0.05) is 12.7 Å². The van der Waals surface area contributed by atoms with Crippen LogP contribution in [0.25, 0.3) is 0 Å². The van der Waals surface area contributed by atoms with Crippen molar-refractivity contribution in [1.82, 2.24) is 4.57 Å². The molecule has 0 aliphatic carbocycles. The number of hydrogen-bond donors (Lipinski definition) is 0. The molecule has 0 saturated carbocycles. The van der Waals surface area contributed by atoms with Gasteiger partial charge in [0.1, 0.15) is 5.69 Å². The number of rotatable bonds is 3. The second kappa shape index (κ2) is 4.66. The molecule has 2 aromatic rings. The smallest absolute Gasteiger partial charge is 0.354 e. The van der Waals surface area contributed by atoms with E-state index in [2.05, 4.69) is 0 Å². The molecule has 0 aliphatic heterocycles. The maximum atomic E-state index is 11.4. The van der Waals surface area contributed by atoms with Crippen LogP contribution in [0.5, 0.6) is 0 Å². The van der Waals surface area contributed by atoms with Gasteiger partial charge in [-0.2, -0.15) is 0 Å². The lowest BCUT2D eigenvalue weighted by molar-refractivity contribution is 0.0589. The molecule has 0 spiro atoms. The minimum absolute atomic E-state index is 0.305. The van der Waals surface area contributed by atoms with Crippen molar-refractivity contribution in [2.24, 2.45) is 0 Å². The molecular weight excluding hydrogens is 202 g/mol. The van der Waals surface area contributed by atoms with E-state index in [-0.39, 0.29) is 5.97 Å². The normalized spacial score (nSPS) is 10.1. The number of ether oxygens (including phenoxy) is 1. The fourth-order valence-corrected chi connectivity index (χ4v) is 1.62. The molecule has 3 heteroatoms. The van der Waals surface area contributed by atoms with Crippen molar-refractivity contribution >= 4 is 5.97 Å². The Bertz CT molecular complexity index is 474. The van der Waals surface area contributed by atoms with Crippen molar-refractivity contribution in [3.63, 3.8) is 0 Å². The standard InChI is InChI=1S/C13H13NO2/c1-16-13(15)12-8-5-9-14(12)10-11-6-3-2-4-7-11/h2-9H,10H2,1H3. The Kier molecular flexibility index (Phi) is 3.05. The van der Waals surface area contributed by atoms with E-state index in [4.69, 9.17) is 4.74 Å². The summed E-state index contributed by atoms with van der Waals surface area (Å²) in [5, 5.41) is 0. The fourth-order valence-electron chi connectivity index (χ4n) is 1.62. The second-order valence-electron chi connectivity index (χ2n) is 3.50. The van der Waals surface area contributed by atoms with E-state index < -0.39 is 0 Å². The number of esters is 1. The van der Waals surface area contributed by atoms with Gasteiger partial charge in [-0.1, -0.05) is 30.3 Å². The number of carbonyl (C=O) groups excluding carboxylic acids is 1. The molecule has 0 aliphatic rings. The zero-order valence-corrected chi connectivity index (χ0v) is 9.09. The average molecular weight is 215 g/mol. The molecule has 0 atom stereocenters. The number of hydrogen-bond acceptors (Lipinski definition) is 2. The van der Waals surface area contributed by atoms with Crippen molar-refractivity contribution in [3.05, 3.63) is 59.9 Å². The molecule has 0 amide bonds. The van der Waals surface area contributed by atoms with Gasteiger partial charge in [0.15, 0.2) is 0 Å². The molecule has 16 heavy (non-hydrogen) atoms. The quantitative estimate of drug-likeness (QED) is 0.736. The molecule has 0 radical (unpaired) electrons. The second-order valence-corrected chi connectivity index (χ2v) is 3.50. The third-order valence-corrected chi connectivity index (χ3v) is 2.42. The van der Waals surface area contributed by atoms with E-state index >= 15 is 0 Å². The van der Waals surface area contributed by atoms with Gasteiger partial charge in [0.2, 0.25) is 0 Å². The summed E-state index contributed by atoms with van der Waals surface area (Å²) in [6, 6.07) is 13.6. The highest BCUT2D eigenvalue weighted by Crippen LogP contribution is 2.08. The first-order valence-corrected chi connectivity index (χ1v) is 5.08. The zero-order valence-electron chi connectivity index (χ0n) is 9.09. The Labute approximate surface area is 94.3 Å². The minimum atomic E-state index is -0.305. The number of carbonyl (C=O) groups is 1. The molecule has 0 fully saturated rings. The summed E-state index contributed by atoms with van der Waals surface area (Å²) < 4.78 is 6.59. The summed E-state index contributed by atoms with van der Waals surface area (Å²) in [6.45, 7) is 0.679. The van der Waals surface area contributed by atoms with Crippen LogP contribution in [-0.2, 0) is 11.3 Å². The van der Waals surface area contributed by atoms with Gasteiger partial charge in [-0.25, -0.2) is 4.79 Å². The van der Waals surface area contributed by atoms with Crippen LogP contribution in [0.3, 0.4) is 0 Å². The van der Waals surface area contributed by atoms with Crippen LogP contribution in [0.2, 0.25) is 0 Å². The van der Waals surface area contributed by atoms with Crippen LogP contribution in [-0.4, -0.2) is 17.6 Å². The van der Waals surface area contributed by atoms with Gasteiger partial charge in [-0.3, -0.25) is 0 Å². The third kappa shape index (κ3) is 2.14. The summed E-state index contributed by atoms with van der Waals surface area (Å²) in [5.41, 5.74) is 1.73. The summed E-state index contributed by atoms with van der Waals surface area (Å²) in [7, 11) is 1.39. The molecule has 1 aromatic heterocycles. The Morgan fingerprint density at radius 2 is 1.94 bits per heavy atom. The first-order chi connectivity index (χ1) is 7.81. The fraction of sp³-hybridized carbons (Fsp3) is 0.154. The molecule has 2 rings (SSSR count). The van der Waals surface area contributed by atoms with Gasteiger partial charge < -0.3 is 9.30 Å². The summed E-state index contributed by atoms with van der Waals surface area (Å²) >= 11 is 0. The van der Waals surface area contributed by atoms with E-state index in [1.54, 1.807) is 6.07 Å². The van der Waals surface area contributed by atoms with Crippen LogP contribution in [0.15, 0.2) is 48.7 Å². The third-order valence-electron chi connectivity index (χ3n) is 2.42. The predicted octanol–water partition coefficient (Wildman–Crippen LogP) is 2.32. The Hall–Kier alpha value is -2.03. The summed E-state index contributed by atoms with van der Waals surface area (Å²) in [4.78, 5) is 11.4. The molecule has 0 N–H and O–H groups in total. The van der Waals surface area contributed by atoms with Crippen LogP contribution < -0.4 is 0 Å². The van der Waals surface area contributed by atoms with E-state index in [9.17, 15) is 4.79 Å². The van der Waals surface area contributed by atoms with Crippen LogP contribution in [0, 0.1) is 0 Å². The van der Waals surface area contributed by atoms with Crippen molar-refractivity contribution in [1.29, 1.82) is 0 Å². The first-order valence-electron chi connectivity index (χ1n) is 5.08. The topological polar surface area (TPSA) is 31.2 Å².